The van der Waals surface area contributed by atoms with Gasteiger partial charge in [-0.2, -0.15) is 0 Å². The molecule has 0 aromatic heterocycles. The molecule has 0 saturated carbocycles. The molecule has 0 aliphatic carbocycles. The Morgan fingerprint density at radius 1 is 1.12 bits per heavy atom. The highest BCUT2D eigenvalue weighted by Crippen LogP contribution is 2.29. The number of methoxy groups -OCH3 is 1. The highest BCUT2D eigenvalue weighted by atomic mass is 16.7. The molecule has 1 aliphatic heterocycles. The molecule has 1 heterocycles. The molecule has 0 N–H and O–H groups in total. The fourth-order valence-corrected chi connectivity index (χ4v) is 1.86. The van der Waals surface area contributed by atoms with E-state index in [2.05, 4.69) is 0 Å². The van der Waals surface area contributed by atoms with E-state index in [0.29, 0.717) is 6.42 Å². The number of carbonyl (C=O) groups excluding carboxylic acids is 2. The van der Waals surface area contributed by atoms with Gasteiger partial charge < -0.3 is 18.9 Å². The van der Waals surface area contributed by atoms with Gasteiger partial charge in [-0.3, -0.25) is 9.59 Å². The number of rotatable bonds is 4. The average Bonchev–Trinajstić information content (AvgIpc) is 2.55. The summed E-state index contributed by atoms with van der Waals surface area (Å²) in [7, 11) is 1.45. The second kappa shape index (κ2) is 5.97. The molecule has 1 rings (SSSR count). The molecular weight excluding hydrogens is 228 g/mol. The fraction of sp³-hybridized carbons (Fsp3) is 0.818. The summed E-state index contributed by atoms with van der Waals surface area (Å²) in [4.78, 5) is 22.0. The highest BCUT2D eigenvalue weighted by Gasteiger charge is 2.48. The van der Waals surface area contributed by atoms with Crippen LogP contribution in [0.3, 0.4) is 0 Å². The third-order valence-electron chi connectivity index (χ3n) is 2.51. The molecule has 6 heteroatoms. The van der Waals surface area contributed by atoms with Gasteiger partial charge in [-0.15, -0.1) is 0 Å². The zero-order valence-corrected chi connectivity index (χ0v) is 10.5. The van der Waals surface area contributed by atoms with Gasteiger partial charge in [0.15, 0.2) is 18.5 Å². The van der Waals surface area contributed by atoms with Gasteiger partial charge in [0.1, 0.15) is 6.10 Å². The zero-order valence-electron chi connectivity index (χ0n) is 10.5. The summed E-state index contributed by atoms with van der Waals surface area (Å²) in [5.41, 5.74) is 0. The summed E-state index contributed by atoms with van der Waals surface area (Å²) in [5, 5.41) is 0. The number of hydrogen-bond acceptors (Lipinski definition) is 6. The lowest BCUT2D eigenvalue weighted by Crippen LogP contribution is -2.40. The van der Waals surface area contributed by atoms with Crippen LogP contribution in [0, 0.1) is 0 Å². The van der Waals surface area contributed by atoms with Crippen LogP contribution in [0.2, 0.25) is 0 Å². The number of hydrogen-bond donors (Lipinski definition) is 0. The molecule has 0 aromatic rings. The van der Waals surface area contributed by atoms with Crippen LogP contribution in [0.5, 0.6) is 0 Å². The third kappa shape index (κ3) is 3.41. The minimum absolute atomic E-state index is 0.326. The van der Waals surface area contributed by atoms with Crippen molar-refractivity contribution in [2.75, 3.05) is 7.11 Å². The first kappa shape index (κ1) is 13.9. The molecule has 0 unspecified atom stereocenters. The maximum absolute atomic E-state index is 11.0. The van der Waals surface area contributed by atoms with E-state index in [9.17, 15) is 9.59 Å². The Labute approximate surface area is 100 Å². The van der Waals surface area contributed by atoms with E-state index in [1.165, 1.54) is 21.0 Å². The van der Waals surface area contributed by atoms with E-state index in [1.807, 2.05) is 6.92 Å². The van der Waals surface area contributed by atoms with Crippen molar-refractivity contribution in [3.63, 3.8) is 0 Å². The van der Waals surface area contributed by atoms with Crippen molar-refractivity contribution in [2.45, 2.75) is 51.8 Å². The lowest BCUT2D eigenvalue weighted by atomic mass is 10.1. The summed E-state index contributed by atoms with van der Waals surface area (Å²) >= 11 is 0. The Balaban J connectivity index is 2.82. The van der Waals surface area contributed by atoms with E-state index in [0.717, 1.165) is 0 Å². The normalized spacial score (nSPS) is 32.2. The largest absolute Gasteiger partial charge is 0.456 e. The maximum atomic E-state index is 11.0. The molecule has 0 radical (unpaired) electrons. The van der Waals surface area contributed by atoms with Crippen LogP contribution in [0.15, 0.2) is 0 Å². The van der Waals surface area contributed by atoms with Gasteiger partial charge in [0, 0.05) is 21.0 Å². The van der Waals surface area contributed by atoms with Crippen LogP contribution < -0.4 is 0 Å². The molecule has 0 amide bonds. The Kier molecular flexibility index (Phi) is 4.89. The van der Waals surface area contributed by atoms with E-state index >= 15 is 0 Å². The number of esters is 2. The van der Waals surface area contributed by atoms with Crippen LogP contribution in [-0.2, 0) is 28.5 Å². The van der Waals surface area contributed by atoms with Crippen molar-refractivity contribution in [1.82, 2.24) is 0 Å². The molecule has 0 spiro atoms. The molecular formula is C11H18O6. The van der Waals surface area contributed by atoms with Crippen LogP contribution in [0.1, 0.15) is 27.2 Å². The number of carbonyl (C=O) groups is 2. The molecule has 98 valence electrons. The van der Waals surface area contributed by atoms with E-state index in [4.69, 9.17) is 18.9 Å². The second-order valence-corrected chi connectivity index (χ2v) is 3.83. The predicted molar refractivity (Wildman–Crippen MR) is 57.1 cm³/mol. The summed E-state index contributed by atoms with van der Waals surface area (Å²) in [6.45, 7) is 4.48. The van der Waals surface area contributed by atoms with Crippen LogP contribution in [0.4, 0.5) is 0 Å². The van der Waals surface area contributed by atoms with Crippen LogP contribution in [0.25, 0.3) is 0 Å². The topological polar surface area (TPSA) is 71.1 Å². The lowest BCUT2D eigenvalue weighted by molar-refractivity contribution is -0.180. The van der Waals surface area contributed by atoms with Crippen molar-refractivity contribution in [2.24, 2.45) is 0 Å². The smallest absolute Gasteiger partial charge is 0.303 e. The summed E-state index contributed by atoms with van der Waals surface area (Å²) in [5.74, 6) is -0.902. The van der Waals surface area contributed by atoms with Gasteiger partial charge in [-0.1, -0.05) is 6.92 Å². The summed E-state index contributed by atoms with van der Waals surface area (Å²) in [6, 6.07) is 0. The van der Waals surface area contributed by atoms with Crippen molar-refractivity contribution >= 4 is 11.9 Å². The van der Waals surface area contributed by atoms with E-state index < -0.39 is 30.4 Å². The monoisotopic (exact) mass is 246 g/mol. The van der Waals surface area contributed by atoms with Gasteiger partial charge in [0.25, 0.3) is 0 Å². The molecule has 1 fully saturated rings. The first-order valence-electron chi connectivity index (χ1n) is 5.52. The molecule has 17 heavy (non-hydrogen) atoms. The quantitative estimate of drug-likeness (QED) is 0.677. The van der Waals surface area contributed by atoms with Gasteiger partial charge in [0.05, 0.1) is 0 Å². The standard InChI is InChI=1S/C11H18O6/c1-5-8-9(15-6(2)12)10(16-7(3)13)11(14-4)17-8/h8-11H,5H2,1-4H3/t8-,9-,10-,11-/m1/s1. The predicted octanol–water partition coefficient (Wildman–Crippen LogP) is 0.631. The third-order valence-corrected chi connectivity index (χ3v) is 2.51. The minimum Gasteiger partial charge on any atom is -0.456 e. The van der Waals surface area contributed by atoms with Gasteiger partial charge in [-0.05, 0) is 6.42 Å². The first-order chi connectivity index (χ1) is 7.99. The Morgan fingerprint density at radius 2 is 1.65 bits per heavy atom. The molecule has 1 aliphatic rings. The highest BCUT2D eigenvalue weighted by molar-refractivity contribution is 5.67. The molecule has 4 atom stereocenters. The minimum atomic E-state index is -0.716. The van der Waals surface area contributed by atoms with Crippen molar-refractivity contribution in [1.29, 1.82) is 0 Å². The molecule has 0 aromatic carbocycles. The fourth-order valence-electron chi connectivity index (χ4n) is 1.86. The van der Waals surface area contributed by atoms with Crippen molar-refractivity contribution in [3.05, 3.63) is 0 Å². The SMILES string of the molecule is CC[C@H]1O[C@@H](OC)[C@H](OC(C)=O)[C@@H]1OC(C)=O. The molecule has 1 saturated heterocycles. The van der Waals surface area contributed by atoms with E-state index in [-0.39, 0.29) is 6.10 Å². The summed E-state index contributed by atoms with van der Waals surface area (Å²) in [6.07, 6.45) is -1.73. The molecule has 6 nitrogen and oxygen atoms in total. The lowest BCUT2D eigenvalue weighted by Gasteiger charge is -2.22. The van der Waals surface area contributed by atoms with Crippen LogP contribution in [-0.4, -0.2) is 43.7 Å². The van der Waals surface area contributed by atoms with Gasteiger partial charge >= 0.3 is 11.9 Å². The molecule has 0 bridgehead atoms. The zero-order chi connectivity index (χ0) is 13.0. The Bertz CT molecular complexity index is 262. The average molecular weight is 246 g/mol. The number of ether oxygens (including phenoxy) is 4. The Morgan fingerprint density at radius 3 is 2.06 bits per heavy atom. The van der Waals surface area contributed by atoms with Gasteiger partial charge in [0.2, 0.25) is 0 Å². The van der Waals surface area contributed by atoms with E-state index in [1.54, 1.807) is 0 Å². The maximum Gasteiger partial charge on any atom is 0.303 e. The summed E-state index contributed by atoms with van der Waals surface area (Å²) < 4.78 is 20.8. The van der Waals surface area contributed by atoms with Crippen molar-refractivity contribution < 1.29 is 28.5 Å². The van der Waals surface area contributed by atoms with Crippen LogP contribution >= 0.6 is 0 Å². The Hall–Kier alpha value is -1.14. The van der Waals surface area contributed by atoms with Gasteiger partial charge in [-0.25, -0.2) is 0 Å². The second-order valence-electron chi connectivity index (χ2n) is 3.83. The van der Waals surface area contributed by atoms with Crippen molar-refractivity contribution in [3.8, 4) is 0 Å². The first-order valence-corrected chi connectivity index (χ1v) is 5.52.